The zero-order valence-electron chi connectivity index (χ0n) is 12.9. The molecule has 0 bridgehead atoms. The highest BCUT2D eigenvalue weighted by atomic mass is 16.5. The van der Waals surface area contributed by atoms with Crippen molar-refractivity contribution in [1.82, 2.24) is 9.97 Å². The van der Waals surface area contributed by atoms with Gasteiger partial charge in [0.2, 0.25) is 0 Å². The molecule has 0 unspecified atom stereocenters. The monoisotopic (exact) mass is 272 g/mol. The zero-order chi connectivity index (χ0) is 15.6. The first-order chi connectivity index (χ1) is 11.2. The van der Waals surface area contributed by atoms with Gasteiger partial charge in [-0.05, 0) is 29.6 Å². The van der Waals surface area contributed by atoms with Crippen LogP contribution < -0.4 is 4.74 Å². The van der Waals surface area contributed by atoms with E-state index in [-0.39, 0.29) is 12.2 Å². The molecule has 0 spiro atoms. The normalized spacial score (nSPS) is 13.5. The number of pyridine rings is 2. The molecular weight excluding hydrogens is 260 g/mol. The first-order valence-electron chi connectivity index (χ1n) is 7.69. The SMILES string of the molecule is [2H]c1nc2c3c(cccc3c1[2H])Oc1cc3ncccc3cc1-2. The molecule has 0 saturated heterocycles. The molecule has 21 heavy (non-hydrogen) atoms. The fourth-order valence-electron chi connectivity index (χ4n) is 2.85. The van der Waals surface area contributed by atoms with Gasteiger partial charge in [0.1, 0.15) is 11.5 Å². The van der Waals surface area contributed by atoms with Crippen LogP contribution in [0.4, 0.5) is 0 Å². The second kappa shape index (κ2) is 3.79. The first-order valence-corrected chi connectivity index (χ1v) is 6.69. The maximum atomic E-state index is 8.08. The van der Waals surface area contributed by atoms with Gasteiger partial charge in [-0.2, -0.15) is 0 Å². The number of hydrogen-bond acceptors (Lipinski definition) is 3. The van der Waals surface area contributed by atoms with Gasteiger partial charge in [-0.3, -0.25) is 9.97 Å². The predicted octanol–water partition coefficient (Wildman–Crippen LogP) is 4.56. The largest absolute Gasteiger partial charge is 0.456 e. The Labute approximate surface area is 123 Å². The van der Waals surface area contributed by atoms with E-state index in [0.29, 0.717) is 22.6 Å². The molecule has 98 valence electrons. The molecule has 0 aliphatic carbocycles. The van der Waals surface area contributed by atoms with Gasteiger partial charge in [0.05, 0.1) is 19.3 Å². The van der Waals surface area contributed by atoms with E-state index in [4.69, 9.17) is 7.48 Å². The minimum Gasteiger partial charge on any atom is -0.456 e. The Kier molecular flexibility index (Phi) is 1.64. The van der Waals surface area contributed by atoms with Crippen molar-refractivity contribution in [1.29, 1.82) is 0 Å². The molecule has 0 N–H and O–H groups in total. The Morgan fingerprint density at radius 2 is 1.90 bits per heavy atom. The van der Waals surface area contributed by atoms with E-state index in [1.165, 1.54) is 0 Å². The molecule has 2 aromatic heterocycles. The molecule has 4 aromatic rings. The third kappa shape index (κ3) is 1.43. The molecule has 2 aromatic carbocycles. The summed E-state index contributed by atoms with van der Waals surface area (Å²) in [7, 11) is 0. The van der Waals surface area contributed by atoms with Gasteiger partial charge in [-0.25, -0.2) is 0 Å². The van der Waals surface area contributed by atoms with E-state index >= 15 is 0 Å². The standard InChI is InChI=1S/C18H10N2O/c1-3-11-6-8-20-18-13-9-12-4-2-7-19-14(12)10-16(13)21-15(5-1)17(11)18/h1-10H/i6D,8D. The van der Waals surface area contributed by atoms with Crippen molar-refractivity contribution in [3.63, 3.8) is 0 Å². The minimum absolute atomic E-state index is 0.0243. The van der Waals surface area contributed by atoms with Crippen LogP contribution in [0.5, 0.6) is 11.5 Å². The quantitative estimate of drug-likeness (QED) is 0.414. The third-order valence-electron chi connectivity index (χ3n) is 3.80. The number of benzene rings is 2. The Morgan fingerprint density at radius 3 is 2.90 bits per heavy atom. The lowest BCUT2D eigenvalue weighted by atomic mass is 9.98. The lowest BCUT2D eigenvalue weighted by Gasteiger charge is -2.20. The highest BCUT2D eigenvalue weighted by Gasteiger charge is 2.21. The minimum atomic E-state index is -0.0243. The molecule has 3 heteroatoms. The van der Waals surface area contributed by atoms with Gasteiger partial charge in [0, 0.05) is 29.4 Å². The fourth-order valence-corrected chi connectivity index (χ4v) is 2.85. The number of rotatable bonds is 0. The fraction of sp³-hybridized carbons (Fsp3) is 0. The third-order valence-corrected chi connectivity index (χ3v) is 3.80. The molecule has 0 atom stereocenters. The van der Waals surface area contributed by atoms with Gasteiger partial charge in [-0.1, -0.05) is 18.2 Å². The van der Waals surface area contributed by atoms with Crippen LogP contribution in [0.2, 0.25) is 0 Å². The topological polar surface area (TPSA) is 35.0 Å². The first kappa shape index (κ1) is 9.08. The lowest BCUT2D eigenvalue weighted by Crippen LogP contribution is -1.99. The molecule has 1 aliphatic rings. The summed E-state index contributed by atoms with van der Waals surface area (Å²) < 4.78 is 22.1. The predicted molar refractivity (Wildman–Crippen MR) is 82.6 cm³/mol. The van der Waals surface area contributed by atoms with Crippen LogP contribution in [0.3, 0.4) is 0 Å². The van der Waals surface area contributed by atoms with Crippen molar-refractivity contribution in [3.05, 3.63) is 60.9 Å². The van der Waals surface area contributed by atoms with Gasteiger partial charge in [-0.15, -0.1) is 0 Å². The van der Waals surface area contributed by atoms with E-state index in [0.717, 1.165) is 21.9 Å². The van der Waals surface area contributed by atoms with Crippen LogP contribution in [-0.4, -0.2) is 9.97 Å². The summed E-state index contributed by atoms with van der Waals surface area (Å²) >= 11 is 0. The van der Waals surface area contributed by atoms with E-state index < -0.39 is 0 Å². The van der Waals surface area contributed by atoms with E-state index in [1.807, 2.05) is 42.5 Å². The van der Waals surface area contributed by atoms with Crippen molar-refractivity contribution in [2.45, 2.75) is 0 Å². The summed E-state index contributed by atoms with van der Waals surface area (Å²) in [6.45, 7) is 0. The van der Waals surface area contributed by atoms with Crippen LogP contribution >= 0.6 is 0 Å². The second-order valence-corrected chi connectivity index (χ2v) is 5.02. The van der Waals surface area contributed by atoms with E-state index in [9.17, 15) is 0 Å². The average molecular weight is 272 g/mol. The number of fused-ring (bicyclic) bond motifs is 3. The molecule has 1 aliphatic heterocycles. The Bertz CT molecular complexity index is 1120. The van der Waals surface area contributed by atoms with Crippen LogP contribution in [0.1, 0.15) is 2.74 Å². The van der Waals surface area contributed by atoms with Crippen molar-refractivity contribution >= 4 is 21.7 Å². The van der Waals surface area contributed by atoms with E-state index in [2.05, 4.69) is 9.97 Å². The molecule has 3 nitrogen and oxygen atoms in total. The molecule has 3 heterocycles. The molecule has 5 rings (SSSR count). The summed E-state index contributed by atoms with van der Waals surface area (Å²) in [5, 5.41) is 2.48. The van der Waals surface area contributed by atoms with Gasteiger partial charge in [0.25, 0.3) is 0 Å². The summed E-state index contributed by atoms with van der Waals surface area (Å²) in [6, 6.07) is 13.4. The Hall–Kier alpha value is -2.94. The highest BCUT2D eigenvalue weighted by Crippen LogP contribution is 2.46. The van der Waals surface area contributed by atoms with Crippen molar-refractivity contribution in [3.8, 4) is 22.8 Å². The summed E-state index contributed by atoms with van der Waals surface area (Å²) in [4.78, 5) is 8.72. The summed E-state index contributed by atoms with van der Waals surface area (Å²) in [6.07, 6.45) is 1.72. The van der Waals surface area contributed by atoms with Crippen LogP contribution in [0, 0.1) is 0 Å². The molecule has 0 amide bonds. The van der Waals surface area contributed by atoms with Gasteiger partial charge < -0.3 is 4.74 Å². The maximum Gasteiger partial charge on any atom is 0.139 e. The van der Waals surface area contributed by atoms with Crippen molar-refractivity contribution in [2.75, 3.05) is 0 Å². The smallest absolute Gasteiger partial charge is 0.139 e. The molecule has 0 fully saturated rings. The number of hydrogen-bond donors (Lipinski definition) is 0. The number of ether oxygens (including phenoxy) is 1. The van der Waals surface area contributed by atoms with Gasteiger partial charge in [0.15, 0.2) is 0 Å². The van der Waals surface area contributed by atoms with Crippen molar-refractivity contribution < 1.29 is 7.48 Å². The Balaban J connectivity index is 1.96. The molecular formula is C18H10N2O. The number of nitrogens with zero attached hydrogens (tertiary/aromatic N) is 2. The molecule has 0 radical (unpaired) electrons. The lowest BCUT2D eigenvalue weighted by molar-refractivity contribution is 0.487. The zero-order valence-corrected chi connectivity index (χ0v) is 10.9. The van der Waals surface area contributed by atoms with E-state index in [1.54, 1.807) is 6.20 Å². The highest BCUT2D eigenvalue weighted by molar-refractivity contribution is 6.04. The maximum absolute atomic E-state index is 8.08. The van der Waals surface area contributed by atoms with Crippen LogP contribution in [0.25, 0.3) is 32.9 Å². The average Bonchev–Trinajstić information content (AvgIpc) is 2.57. The van der Waals surface area contributed by atoms with Crippen molar-refractivity contribution in [2.24, 2.45) is 0 Å². The second-order valence-electron chi connectivity index (χ2n) is 5.02. The van der Waals surface area contributed by atoms with Crippen LogP contribution in [-0.2, 0) is 0 Å². The van der Waals surface area contributed by atoms with Crippen LogP contribution in [0.15, 0.2) is 60.9 Å². The number of aromatic nitrogens is 2. The Morgan fingerprint density at radius 1 is 0.952 bits per heavy atom. The van der Waals surface area contributed by atoms with Gasteiger partial charge >= 0.3 is 0 Å². The summed E-state index contributed by atoms with van der Waals surface area (Å²) in [5.41, 5.74) is 2.39. The summed E-state index contributed by atoms with van der Waals surface area (Å²) in [5.74, 6) is 1.35. The molecule has 0 saturated carbocycles.